The molecule has 0 aromatic heterocycles. The van der Waals surface area contributed by atoms with E-state index in [9.17, 15) is 82.1 Å². The first-order chi connectivity index (χ1) is 39.6. The van der Waals surface area contributed by atoms with Crippen LogP contribution in [0.3, 0.4) is 0 Å². The second-order valence-corrected chi connectivity index (χ2v) is 20.6. The van der Waals surface area contributed by atoms with Crippen LogP contribution in [-0.4, -0.2) is 189 Å². The van der Waals surface area contributed by atoms with E-state index < -0.39 is 150 Å². The van der Waals surface area contributed by atoms with Gasteiger partial charge in [0.15, 0.2) is 5.96 Å². The van der Waals surface area contributed by atoms with Gasteiger partial charge < -0.3 is 90.3 Å². The Kier molecular flexibility index (Phi) is 31.5. The third kappa shape index (κ3) is 27.2. The summed E-state index contributed by atoms with van der Waals surface area (Å²) in [6.07, 6.45) is -2.20. The maximum Gasteiger partial charge on any atom is 0.312 e. The number of carbonyl (C=O) groups is 15. The molecule has 1 aromatic rings. The Morgan fingerprint density at radius 2 is 1.26 bits per heavy atom. The first-order valence-electron chi connectivity index (χ1n) is 26.3. The van der Waals surface area contributed by atoms with Crippen molar-refractivity contribution in [1.29, 1.82) is 0 Å². The summed E-state index contributed by atoms with van der Waals surface area (Å²) in [6, 6.07) is -5.22. The van der Waals surface area contributed by atoms with Crippen molar-refractivity contribution in [2.24, 2.45) is 33.8 Å². The van der Waals surface area contributed by atoms with E-state index in [-0.39, 0.29) is 95.6 Å². The number of thioether (sulfide) groups is 1. The van der Waals surface area contributed by atoms with Gasteiger partial charge in [0.1, 0.15) is 43.1 Å². The number of nitrogens with two attached hydrogens (primary N) is 4. The Morgan fingerprint density at radius 3 is 1.82 bits per heavy atom. The molecule has 464 valence electrons. The summed E-state index contributed by atoms with van der Waals surface area (Å²) in [5.74, 6) is -13.6. The molecule has 8 atom stereocenters. The zero-order valence-electron chi connectivity index (χ0n) is 46.2. The number of hydrogen-bond acceptors (Lipinski definition) is 19. The number of hydrogen-bond donors (Lipinski definition) is 15. The minimum Gasteiger partial charge on any atom is -0.481 e. The maximum absolute atomic E-state index is 13.6. The number of amides is 11. The molecule has 1 heterocycles. The van der Waals surface area contributed by atoms with Gasteiger partial charge in [-0.05, 0) is 62.1 Å². The van der Waals surface area contributed by atoms with Crippen LogP contribution in [0.4, 0.5) is 10.5 Å². The standard InChI is InChI=1S/C50H74N14O19S/c1-26(2)41(47(80)60-31(9-7-16-56-50(54)82)43(76)57-28-13-11-27(12-14-28)23-83-25-66)63-36(67)10-4-3-5-17-64-37(68)21-35(48(64)81)84-24-29(22-65)58-45(78)33(19-39(71)72)62-46(79)34(20-40(73)74)61-44(77)32(8-6-15-55-49(52)53)59-42(75)30(51)18-38(69)70/h11-14,22,25-26,29-35,41H,3-10,15-21,23-24,51H2,1-2H3,(H,57,76)(H,58,78)(H,59,75)(H,60,80)(H,61,77)(H,62,79)(H,63,67)(H,69,70)(H,71,72)(H,73,74)(H4,52,53,55)(H3,54,56,82)/t29-,30+,31+,32+,33+,34+,35?,41+/m1/s1. The molecule has 1 aliphatic rings. The molecule has 1 unspecified atom stereocenters. The van der Waals surface area contributed by atoms with Crippen molar-refractivity contribution in [2.45, 2.75) is 145 Å². The SMILES string of the molecule is CC(C)[C@H](NC(=O)CCCCCN1C(=O)CC(SC[C@@H](C=O)NC(=O)[C@H](CC(=O)O)NC(=O)[C@H](CC(=O)O)NC(=O)[C@H](CCCN=C(N)N)NC(=O)[C@@H](N)CC(=O)O)C1=O)C(=O)N[C@@H](CCCNC(N)=O)C(=O)Nc1ccc(COC=O)cc1. The maximum atomic E-state index is 13.6. The van der Waals surface area contributed by atoms with E-state index in [1.54, 1.807) is 38.1 Å². The van der Waals surface area contributed by atoms with Gasteiger partial charge in [0.25, 0.3) is 6.47 Å². The van der Waals surface area contributed by atoms with Crippen LogP contribution < -0.4 is 65.5 Å². The number of aldehydes is 1. The third-order valence-electron chi connectivity index (χ3n) is 12.2. The summed E-state index contributed by atoms with van der Waals surface area (Å²) < 4.78 is 4.73. The van der Waals surface area contributed by atoms with Gasteiger partial charge in [0, 0.05) is 43.9 Å². The van der Waals surface area contributed by atoms with E-state index in [0.717, 1.165) is 16.7 Å². The van der Waals surface area contributed by atoms with Crippen molar-refractivity contribution < 1.29 is 92.0 Å². The number of aliphatic imine (C=N–C) groups is 1. The number of nitrogens with one attached hydrogen (secondary N) is 8. The lowest BCUT2D eigenvalue weighted by molar-refractivity contribution is -0.143. The van der Waals surface area contributed by atoms with Crippen LogP contribution in [0.25, 0.3) is 0 Å². The van der Waals surface area contributed by atoms with Gasteiger partial charge in [-0.25, -0.2) is 4.79 Å². The van der Waals surface area contributed by atoms with Crippen LogP contribution in [0.5, 0.6) is 0 Å². The van der Waals surface area contributed by atoms with Crippen molar-refractivity contribution in [3.8, 4) is 0 Å². The van der Waals surface area contributed by atoms with Gasteiger partial charge in [0.2, 0.25) is 53.2 Å². The lowest BCUT2D eigenvalue weighted by Crippen LogP contribution is -2.59. The van der Waals surface area contributed by atoms with E-state index in [1.165, 1.54) is 0 Å². The summed E-state index contributed by atoms with van der Waals surface area (Å²) in [5, 5.41) is 46.3. The molecular weight excluding hydrogens is 1130 g/mol. The topological polar surface area (TPSA) is 542 Å². The summed E-state index contributed by atoms with van der Waals surface area (Å²) in [7, 11) is 0. The van der Waals surface area contributed by atoms with Gasteiger partial charge >= 0.3 is 23.9 Å². The van der Waals surface area contributed by atoms with E-state index in [4.69, 9.17) is 32.8 Å². The number of primary amides is 1. The molecule has 84 heavy (non-hydrogen) atoms. The van der Waals surface area contributed by atoms with Gasteiger partial charge in [-0.15, -0.1) is 11.8 Å². The Labute approximate surface area is 485 Å². The summed E-state index contributed by atoms with van der Waals surface area (Å²) in [5.41, 5.74) is 22.4. The number of carbonyl (C=O) groups excluding carboxylic acids is 12. The lowest BCUT2D eigenvalue weighted by atomic mass is 10.0. The first kappa shape index (κ1) is 71.2. The van der Waals surface area contributed by atoms with E-state index in [2.05, 4.69) is 42.2 Å². The van der Waals surface area contributed by atoms with Crippen molar-refractivity contribution in [3.05, 3.63) is 29.8 Å². The molecule has 33 nitrogen and oxygen atoms in total. The van der Waals surface area contributed by atoms with Crippen molar-refractivity contribution in [3.63, 3.8) is 0 Å². The molecule has 0 bridgehead atoms. The molecule has 1 aromatic carbocycles. The number of carboxylic acids is 3. The number of urea groups is 1. The Bertz CT molecular complexity index is 2550. The first-order valence-corrected chi connectivity index (χ1v) is 27.4. The Hall–Kier alpha value is -8.95. The fourth-order valence-corrected chi connectivity index (χ4v) is 9.02. The number of likely N-dealkylation sites (tertiary alicyclic amines) is 1. The average molecular weight is 1210 g/mol. The van der Waals surface area contributed by atoms with Crippen LogP contribution in [0.1, 0.15) is 96.5 Å². The predicted octanol–water partition coefficient (Wildman–Crippen LogP) is -4.26. The van der Waals surface area contributed by atoms with Crippen molar-refractivity contribution in [2.75, 3.05) is 30.7 Å². The molecule has 2 rings (SSSR count). The number of aliphatic carboxylic acids is 3. The predicted molar refractivity (Wildman–Crippen MR) is 296 cm³/mol. The molecular formula is C50H74N14O19S. The van der Waals surface area contributed by atoms with Gasteiger partial charge in [-0.3, -0.25) is 72.2 Å². The molecule has 0 radical (unpaired) electrons. The van der Waals surface area contributed by atoms with Crippen molar-refractivity contribution >= 4 is 113 Å². The molecule has 19 N–H and O–H groups in total. The molecule has 34 heteroatoms. The highest BCUT2D eigenvalue weighted by Gasteiger charge is 2.40. The summed E-state index contributed by atoms with van der Waals surface area (Å²) >= 11 is 0.822. The largest absolute Gasteiger partial charge is 0.481 e. The normalized spacial score (nSPS) is 15.2. The van der Waals surface area contributed by atoms with Gasteiger partial charge in [-0.1, -0.05) is 32.4 Å². The molecule has 0 spiro atoms. The zero-order chi connectivity index (χ0) is 63.1. The number of unbranched alkanes of at least 4 members (excludes halogenated alkanes) is 2. The molecule has 0 aliphatic carbocycles. The smallest absolute Gasteiger partial charge is 0.312 e. The van der Waals surface area contributed by atoms with Crippen LogP contribution in [0.15, 0.2) is 29.3 Å². The number of benzene rings is 1. The second-order valence-electron chi connectivity index (χ2n) is 19.4. The molecule has 0 saturated carbocycles. The third-order valence-corrected chi connectivity index (χ3v) is 13.5. The number of rotatable bonds is 41. The lowest BCUT2D eigenvalue weighted by Gasteiger charge is -2.25. The number of nitrogens with zero attached hydrogens (tertiary/aromatic N) is 2. The van der Waals surface area contributed by atoms with Crippen LogP contribution in [0.2, 0.25) is 0 Å². The highest BCUT2D eigenvalue weighted by atomic mass is 32.2. The van der Waals surface area contributed by atoms with Gasteiger partial charge in [-0.2, -0.15) is 0 Å². The molecule has 1 aliphatic heterocycles. The molecule has 1 fully saturated rings. The summed E-state index contributed by atoms with van der Waals surface area (Å²) in [6.45, 7) is 3.70. The number of imide groups is 1. The number of guanidine groups is 1. The highest BCUT2D eigenvalue weighted by Crippen LogP contribution is 2.26. The Morgan fingerprint density at radius 1 is 0.702 bits per heavy atom. The fourth-order valence-electron chi connectivity index (χ4n) is 7.89. The van der Waals surface area contributed by atoms with E-state index >= 15 is 0 Å². The van der Waals surface area contributed by atoms with E-state index in [1.807, 2.05) is 5.32 Å². The van der Waals surface area contributed by atoms with Crippen LogP contribution in [0, 0.1) is 5.92 Å². The van der Waals surface area contributed by atoms with E-state index in [0.29, 0.717) is 24.1 Å². The quantitative estimate of drug-likeness (QED) is 0.00970. The van der Waals surface area contributed by atoms with Gasteiger partial charge in [0.05, 0.1) is 36.6 Å². The Balaban J connectivity index is 2.01. The fraction of sp³-hybridized carbons (Fsp3) is 0.560. The molecule has 1 saturated heterocycles. The highest BCUT2D eigenvalue weighted by molar-refractivity contribution is 8.00. The average Bonchev–Trinajstić information content (AvgIpc) is 3.90. The second kappa shape index (κ2) is 37.2. The summed E-state index contributed by atoms with van der Waals surface area (Å²) in [4.78, 5) is 193. The number of anilines is 1. The number of carboxylic acid groups (broad SMARTS) is 3. The van der Waals surface area contributed by atoms with Crippen LogP contribution >= 0.6 is 11.8 Å². The van der Waals surface area contributed by atoms with Crippen LogP contribution in [-0.2, 0) is 78.5 Å². The minimum atomic E-state index is -2.02. The minimum absolute atomic E-state index is 0.0115. The molecule has 11 amide bonds. The van der Waals surface area contributed by atoms with Crippen molar-refractivity contribution in [1.82, 2.24) is 42.1 Å². The number of ether oxygens (including phenoxy) is 1. The monoisotopic (exact) mass is 1210 g/mol. The zero-order valence-corrected chi connectivity index (χ0v) is 47.0.